The molecule has 1 aromatic heterocycles. The van der Waals surface area contributed by atoms with Crippen molar-refractivity contribution in [3.05, 3.63) is 36.2 Å². The zero-order valence-electron chi connectivity index (χ0n) is 9.95. The van der Waals surface area contributed by atoms with Crippen LogP contribution >= 0.6 is 0 Å². The Balaban J connectivity index is 2.30. The highest BCUT2D eigenvalue weighted by atomic mass is 32.2. The summed E-state index contributed by atoms with van der Waals surface area (Å²) in [4.78, 5) is 0.0933. The lowest BCUT2D eigenvalue weighted by atomic mass is 10.2. The van der Waals surface area contributed by atoms with E-state index in [1.807, 2.05) is 0 Å². The van der Waals surface area contributed by atoms with E-state index in [0.29, 0.717) is 11.3 Å². The van der Waals surface area contributed by atoms with E-state index < -0.39 is 10.0 Å². The number of anilines is 1. The van der Waals surface area contributed by atoms with Crippen molar-refractivity contribution < 1.29 is 13.5 Å². The number of nitrogens with zero attached hydrogens (tertiary/aromatic N) is 2. The van der Waals surface area contributed by atoms with Gasteiger partial charge >= 0.3 is 0 Å². The molecule has 0 unspecified atom stereocenters. The Morgan fingerprint density at radius 2 is 2.11 bits per heavy atom. The maximum Gasteiger partial charge on any atom is 0.265 e. The molecule has 2 aromatic rings. The van der Waals surface area contributed by atoms with Crippen molar-refractivity contribution in [1.82, 2.24) is 9.78 Å². The maximum atomic E-state index is 12.0. The summed E-state index contributed by atoms with van der Waals surface area (Å²) in [6, 6.07) is 4.50. The average molecular weight is 267 g/mol. The fourth-order valence-electron chi connectivity index (χ4n) is 1.47. The quantitative estimate of drug-likeness (QED) is 0.819. The number of benzene rings is 1. The van der Waals surface area contributed by atoms with E-state index in [4.69, 9.17) is 0 Å². The second-order valence-corrected chi connectivity index (χ2v) is 5.64. The minimum Gasteiger partial charge on any atom is -0.508 e. The highest BCUT2D eigenvalue weighted by molar-refractivity contribution is 7.92. The highest BCUT2D eigenvalue weighted by Gasteiger charge is 2.16. The molecule has 1 aromatic carbocycles. The van der Waals surface area contributed by atoms with Crippen LogP contribution in [-0.2, 0) is 17.1 Å². The number of aryl methyl sites for hydroxylation is 2. The smallest absolute Gasteiger partial charge is 0.265 e. The summed E-state index contributed by atoms with van der Waals surface area (Å²) in [5.74, 6) is 0.124. The molecule has 0 aliphatic carbocycles. The molecule has 0 saturated carbocycles. The van der Waals surface area contributed by atoms with Gasteiger partial charge in [0.2, 0.25) is 0 Å². The van der Waals surface area contributed by atoms with Gasteiger partial charge in [0.1, 0.15) is 10.6 Å². The summed E-state index contributed by atoms with van der Waals surface area (Å²) in [6.07, 6.45) is 2.69. The zero-order chi connectivity index (χ0) is 13.3. The van der Waals surface area contributed by atoms with Gasteiger partial charge in [0.15, 0.2) is 0 Å². The lowest BCUT2D eigenvalue weighted by Crippen LogP contribution is -2.12. The van der Waals surface area contributed by atoms with E-state index in [1.165, 1.54) is 29.2 Å². The Morgan fingerprint density at radius 3 is 2.67 bits per heavy atom. The number of aromatic hydroxyl groups is 1. The van der Waals surface area contributed by atoms with Crippen LogP contribution in [-0.4, -0.2) is 23.3 Å². The van der Waals surface area contributed by atoms with Crippen molar-refractivity contribution in [2.24, 2.45) is 7.05 Å². The normalized spacial score (nSPS) is 11.4. The van der Waals surface area contributed by atoms with E-state index in [2.05, 4.69) is 9.82 Å². The largest absolute Gasteiger partial charge is 0.508 e. The van der Waals surface area contributed by atoms with E-state index in [9.17, 15) is 13.5 Å². The van der Waals surface area contributed by atoms with Crippen molar-refractivity contribution in [2.45, 2.75) is 11.8 Å². The summed E-state index contributed by atoms with van der Waals surface area (Å²) >= 11 is 0. The fraction of sp³-hybridized carbons (Fsp3) is 0.182. The van der Waals surface area contributed by atoms with Crippen LogP contribution < -0.4 is 4.72 Å². The fourth-order valence-corrected chi connectivity index (χ4v) is 2.50. The molecule has 6 nitrogen and oxygen atoms in total. The van der Waals surface area contributed by atoms with Crippen LogP contribution in [0.15, 0.2) is 35.5 Å². The minimum absolute atomic E-state index is 0.0933. The topological polar surface area (TPSA) is 84.2 Å². The lowest BCUT2D eigenvalue weighted by Gasteiger charge is -2.07. The monoisotopic (exact) mass is 267 g/mol. The van der Waals surface area contributed by atoms with Gasteiger partial charge in [-0.15, -0.1) is 0 Å². The van der Waals surface area contributed by atoms with Crippen LogP contribution in [0.3, 0.4) is 0 Å². The molecule has 96 valence electrons. The van der Waals surface area contributed by atoms with Crippen LogP contribution in [0.1, 0.15) is 5.56 Å². The highest BCUT2D eigenvalue weighted by Crippen LogP contribution is 2.22. The first-order valence-electron chi connectivity index (χ1n) is 5.19. The molecule has 0 spiro atoms. The first-order chi connectivity index (χ1) is 8.38. The van der Waals surface area contributed by atoms with Crippen molar-refractivity contribution in [2.75, 3.05) is 4.72 Å². The van der Waals surface area contributed by atoms with E-state index >= 15 is 0 Å². The third-order valence-corrected chi connectivity index (χ3v) is 3.78. The third-order valence-electron chi connectivity index (χ3n) is 2.44. The molecule has 0 aliphatic rings. The zero-order valence-corrected chi connectivity index (χ0v) is 10.8. The maximum absolute atomic E-state index is 12.0. The van der Waals surface area contributed by atoms with Crippen LogP contribution in [0.5, 0.6) is 5.75 Å². The third kappa shape index (κ3) is 2.45. The van der Waals surface area contributed by atoms with Crippen molar-refractivity contribution in [3.8, 4) is 5.75 Å². The second kappa shape index (κ2) is 4.34. The summed E-state index contributed by atoms with van der Waals surface area (Å²) in [6.45, 7) is 1.69. The molecule has 0 amide bonds. The Labute approximate surface area is 105 Å². The van der Waals surface area contributed by atoms with Crippen LogP contribution in [0.25, 0.3) is 0 Å². The molecular weight excluding hydrogens is 254 g/mol. The van der Waals surface area contributed by atoms with Gasteiger partial charge in [-0.1, -0.05) is 0 Å². The van der Waals surface area contributed by atoms with Crippen LogP contribution in [0.4, 0.5) is 5.69 Å². The molecule has 1 heterocycles. The summed E-state index contributed by atoms with van der Waals surface area (Å²) < 4.78 is 27.8. The van der Waals surface area contributed by atoms with Crippen LogP contribution in [0, 0.1) is 6.92 Å². The molecule has 18 heavy (non-hydrogen) atoms. The average Bonchev–Trinajstić information content (AvgIpc) is 2.71. The van der Waals surface area contributed by atoms with Crippen molar-refractivity contribution in [3.63, 3.8) is 0 Å². The van der Waals surface area contributed by atoms with Gasteiger partial charge in [-0.2, -0.15) is 5.10 Å². The number of hydrogen-bond donors (Lipinski definition) is 2. The van der Waals surface area contributed by atoms with Gasteiger partial charge in [-0.3, -0.25) is 9.40 Å². The molecule has 0 atom stereocenters. The first kappa shape index (κ1) is 12.4. The van der Waals surface area contributed by atoms with Gasteiger partial charge in [0.25, 0.3) is 10.0 Å². The van der Waals surface area contributed by atoms with Crippen molar-refractivity contribution >= 4 is 15.7 Å². The molecule has 0 bridgehead atoms. The SMILES string of the molecule is Cc1cc(NS(=O)(=O)c2cnn(C)c2)ccc1O. The van der Waals surface area contributed by atoms with E-state index in [-0.39, 0.29) is 10.6 Å². The van der Waals surface area contributed by atoms with Crippen molar-refractivity contribution in [1.29, 1.82) is 0 Å². The standard InChI is InChI=1S/C11H13N3O3S/c1-8-5-9(3-4-11(8)15)13-18(16,17)10-6-12-14(2)7-10/h3-7,13,15H,1-2H3. The number of sulfonamides is 1. The van der Waals surface area contributed by atoms with Gasteiger partial charge in [0, 0.05) is 18.9 Å². The molecule has 2 rings (SSSR count). The number of nitrogens with one attached hydrogen (secondary N) is 1. The number of aromatic nitrogens is 2. The van der Waals surface area contributed by atoms with Gasteiger partial charge < -0.3 is 5.11 Å². The Kier molecular flexibility index (Phi) is 3.00. The first-order valence-corrected chi connectivity index (χ1v) is 6.68. The Hall–Kier alpha value is -2.02. The molecular formula is C11H13N3O3S. The van der Waals surface area contributed by atoms with Gasteiger partial charge in [-0.25, -0.2) is 8.42 Å². The molecule has 0 fully saturated rings. The Morgan fingerprint density at radius 1 is 1.39 bits per heavy atom. The minimum atomic E-state index is -3.64. The Bertz CT molecular complexity index is 677. The molecule has 0 radical (unpaired) electrons. The van der Waals surface area contributed by atoms with E-state index in [0.717, 1.165) is 0 Å². The molecule has 2 N–H and O–H groups in total. The second-order valence-electron chi connectivity index (χ2n) is 3.96. The molecule has 7 heteroatoms. The molecule has 0 aliphatic heterocycles. The molecule has 0 saturated heterocycles. The predicted octanol–water partition coefficient (Wildman–Crippen LogP) is 1.23. The lowest BCUT2D eigenvalue weighted by molar-refractivity contribution is 0.471. The summed E-state index contributed by atoms with van der Waals surface area (Å²) in [5.41, 5.74) is 0.996. The number of hydrogen-bond acceptors (Lipinski definition) is 4. The predicted molar refractivity (Wildman–Crippen MR) is 66.9 cm³/mol. The number of rotatable bonds is 3. The number of phenolic OH excluding ortho intramolecular Hbond substituents is 1. The summed E-state index contributed by atoms with van der Waals surface area (Å²) in [5, 5.41) is 13.2. The van der Waals surface area contributed by atoms with Gasteiger partial charge in [-0.05, 0) is 30.7 Å². The summed E-state index contributed by atoms with van der Waals surface area (Å²) in [7, 11) is -1.99. The van der Waals surface area contributed by atoms with Crippen LogP contribution in [0.2, 0.25) is 0 Å². The number of phenols is 1. The van der Waals surface area contributed by atoms with E-state index in [1.54, 1.807) is 20.0 Å². The van der Waals surface area contributed by atoms with Gasteiger partial charge in [0.05, 0.1) is 6.20 Å².